The molecule has 146 valence electrons. The fraction of sp³-hybridized carbons (Fsp3) is 0. The SMILES string of the molecule is c1ccc(-c2ccc(-c3nc(-c4ccccc4)c4c(n3)oc3ccccc34)cc2)cc1. The minimum atomic E-state index is 0.609. The third-order valence-electron chi connectivity index (χ3n) is 5.54. The molecule has 4 aromatic carbocycles. The molecule has 0 radical (unpaired) electrons. The Kier molecular flexibility index (Phi) is 4.10. The maximum Gasteiger partial charge on any atom is 0.231 e. The van der Waals surface area contributed by atoms with Crippen molar-refractivity contribution in [3.63, 3.8) is 0 Å². The Balaban J connectivity index is 1.55. The van der Waals surface area contributed by atoms with Gasteiger partial charge in [0, 0.05) is 16.5 Å². The lowest BCUT2D eigenvalue weighted by Gasteiger charge is -2.07. The first-order valence-electron chi connectivity index (χ1n) is 10.3. The largest absolute Gasteiger partial charge is 0.438 e. The first-order valence-corrected chi connectivity index (χ1v) is 10.3. The lowest BCUT2D eigenvalue weighted by atomic mass is 10.0. The van der Waals surface area contributed by atoms with E-state index >= 15 is 0 Å². The van der Waals surface area contributed by atoms with Crippen LogP contribution in [0.1, 0.15) is 0 Å². The Hall–Kier alpha value is -4.24. The number of rotatable bonds is 3. The summed E-state index contributed by atoms with van der Waals surface area (Å²) >= 11 is 0. The monoisotopic (exact) mass is 398 g/mol. The Morgan fingerprint density at radius 1 is 0.484 bits per heavy atom. The molecule has 0 spiro atoms. The van der Waals surface area contributed by atoms with Crippen molar-refractivity contribution in [2.75, 3.05) is 0 Å². The number of fused-ring (bicyclic) bond motifs is 3. The molecular formula is C28H18N2O. The first-order chi connectivity index (χ1) is 15.4. The molecule has 0 saturated carbocycles. The van der Waals surface area contributed by atoms with Gasteiger partial charge in [0.25, 0.3) is 0 Å². The van der Waals surface area contributed by atoms with Gasteiger partial charge in [-0.15, -0.1) is 0 Å². The maximum absolute atomic E-state index is 6.12. The summed E-state index contributed by atoms with van der Waals surface area (Å²) in [7, 11) is 0. The quantitative estimate of drug-likeness (QED) is 0.312. The van der Waals surface area contributed by atoms with E-state index in [4.69, 9.17) is 14.4 Å². The van der Waals surface area contributed by atoms with Gasteiger partial charge in [-0.2, -0.15) is 4.98 Å². The first kappa shape index (κ1) is 17.6. The smallest absolute Gasteiger partial charge is 0.231 e. The van der Waals surface area contributed by atoms with Gasteiger partial charge >= 0.3 is 0 Å². The summed E-state index contributed by atoms with van der Waals surface area (Å²) in [6.07, 6.45) is 0. The van der Waals surface area contributed by atoms with Crippen LogP contribution in [-0.2, 0) is 0 Å². The maximum atomic E-state index is 6.12. The van der Waals surface area contributed by atoms with E-state index in [9.17, 15) is 0 Å². The summed E-state index contributed by atoms with van der Waals surface area (Å²) in [5, 5.41) is 1.98. The predicted octanol–water partition coefficient (Wildman–Crippen LogP) is 7.38. The van der Waals surface area contributed by atoms with Gasteiger partial charge in [0.1, 0.15) is 5.58 Å². The Morgan fingerprint density at radius 3 is 1.81 bits per heavy atom. The summed E-state index contributed by atoms with van der Waals surface area (Å²) in [6, 6.07) is 37.0. The van der Waals surface area contributed by atoms with Gasteiger partial charge in [0.15, 0.2) is 5.82 Å². The Labute approximate surface area is 179 Å². The Morgan fingerprint density at radius 2 is 1.06 bits per heavy atom. The number of hydrogen-bond donors (Lipinski definition) is 0. The van der Waals surface area contributed by atoms with Crippen LogP contribution in [-0.4, -0.2) is 9.97 Å². The van der Waals surface area contributed by atoms with Crippen molar-refractivity contribution < 1.29 is 4.42 Å². The molecule has 0 aliphatic carbocycles. The molecule has 0 atom stereocenters. The zero-order chi connectivity index (χ0) is 20.6. The molecular weight excluding hydrogens is 380 g/mol. The molecule has 6 aromatic rings. The van der Waals surface area contributed by atoms with Gasteiger partial charge in [-0.25, -0.2) is 4.98 Å². The van der Waals surface area contributed by atoms with Crippen molar-refractivity contribution in [1.29, 1.82) is 0 Å². The van der Waals surface area contributed by atoms with Gasteiger partial charge in [-0.1, -0.05) is 103 Å². The van der Waals surface area contributed by atoms with E-state index in [0.29, 0.717) is 11.5 Å². The van der Waals surface area contributed by atoms with E-state index in [0.717, 1.165) is 38.7 Å². The van der Waals surface area contributed by atoms with Crippen molar-refractivity contribution in [1.82, 2.24) is 9.97 Å². The van der Waals surface area contributed by atoms with E-state index in [1.807, 2.05) is 54.6 Å². The molecule has 3 heteroatoms. The second-order valence-corrected chi connectivity index (χ2v) is 7.48. The van der Waals surface area contributed by atoms with Crippen molar-refractivity contribution in [2.24, 2.45) is 0 Å². The normalized spacial score (nSPS) is 11.2. The number of hydrogen-bond acceptors (Lipinski definition) is 3. The molecule has 0 bridgehead atoms. The topological polar surface area (TPSA) is 38.9 Å². The molecule has 3 nitrogen and oxygen atoms in total. The average molecular weight is 398 g/mol. The van der Waals surface area contributed by atoms with E-state index in [-0.39, 0.29) is 0 Å². The predicted molar refractivity (Wildman–Crippen MR) is 126 cm³/mol. The molecule has 0 unspecified atom stereocenters. The van der Waals surface area contributed by atoms with Gasteiger partial charge < -0.3 is 4.42 Å². The van der Waals surface area contributed by atoms with E-state index < -0.39 is 0 Å². The molecule has 2 heterocycles. The molecule has 0 amide bonds. The zero-order valence-corrected chi connectivity index (χ0v) is 16.7. The minimum Gasteiger partial charge on any atom is -0.438 e. The summed E-state index contributed by atoms with van der Waals surface area (Å²) < 4.78 is 6.12. The van der Waals surface area contributed by atoms with Gasteiger partial charge in [-0.3, -0.25) is 0 Å². The second-order valence-electron chi connectivity index (χ2n) is 7.48. The highest BCUT2D eigenvalue weighted by atomic mass is 16.3. The standard InChI is InChI=1S/C28H18N2O/c1-3-9-19(10-4-1)20-15-17-22(18-16-20)27-29-26(21-11-5-2-6-12-21)25-23-13-7-8-14-24(23)31-28(25)30-27/h1-18H. The number of furan rings is 1. The van der Waals surface area contributed by atoms with E-state index in [1.165, 1.54) is 5.56 Å². The average Bonchev–Trinajstić information content (AvgIpc) is 3.23. The van der Waals surface area contributed by atoms with Crippen molar-refractivity contribution in [3.8, 4) is 33.8 Å². The molecule has 2 aromatic heterocycles. The van der Waals surface area contributed by atoms with Gasteiger partial charge in [-0.05, 0) is 17.2 Å². The third kappa shape index (κ3) is 3.08. The van der Waals surface area contributed by atoms with Crippen LogP contribution in [0.4, 0.5) is 0 Å². The number of nitrogens with zero attached hydrogens (tertiary/aromatic N) is 2. The summed E-state index contributed by atoms with van der Waals surface area (Å²) in [5.74, 6) is 0.657. The number of aromatic nitrogens is 2. The van der Waals surface area contributed by atoms with E-state index in [1.54, 1.807) is 0 Å². The summed E-state index contributed by atoms with van der Waals surface area (Å²) in [6.45, 7) is 0. The fourth-order valence-electron chi connectivity index (χ4n) is 4.00. The van der Waals surface area contributed by atoms with Crippen LogP contribution >= 0.6 is 0 Å². The van der Waals surface area contributed by atoms with Crippen molar-refractivity contribution >= 4 is 22.1 Å². The third-order valence-corrected chi connectivity index (χ3v) is 5.54. The molecule has 31 heavy (non-hydrogen) atoms. The number of para-hydroxylation sites is 1. The van der Waals surface area contributed by atoms with Crippen LogP contribution in [0, 0.1) is 0 Å². The van der Waals surface area contributed by atoms with E-state index in [2.05, 4.69) is 54.6 Å². The lowest BCUT2D eigenvalue weighted by molar-refractivity contribution is 0.653. The van der Waals surface area contributed by atoms with Crippen molar-refractivity contribution in [3.05, 3.63) is 109 Å². The molecule has 6 rings (SSSR count). The molecule has 0 fully saturated rings. The zero-order valence-electron chi connectivity index (χ0n) is 16.7. The minimum absolute atomic E-state index is 0.609. The molecule has 0 saturated heterocycles. The highest BCUT2D eigenvalue weighted by Gasteiger charge is 2.17. The number of benzene rings is 4. The van der Waals surface area contributed by atoms with Crippen LogP contribution in [0.25, 0.3) is 55.8 Å². The van der Waals surface area contributed by atoms with Crippen LogP contribution in [0.2, 0.25) is 0 Å². The van der Waals surface area contributed by atoms with Crippen LogP contribution < -0.4 is 0 Å². The molecule has 0 N–H and O–H groups in total. The second kappa shape index (κ2) is 7.22. The van der Waals surface area contributed by atoms with Crippen LogP contribution in [0.3, 0.4) is 0 Å². The van der Waals surface area contributed by atoms with Crippen LogP contribution in [0.15, 0.2) is 114 Å². The van der Waals surface area contributed by atoms with Crippen molar-refractivity contribution in [2.45, 2.75) is 0 Å². The van der Waals surface area contributed by atoms with Crippen LogP contribution in [0.5, 0.6) is 0 Å². The molecule has 0 aliphatic rings. The summed E-state index contributed by atoms with van der Waals surface area (Å²) in [5.41, 5.74) is 6.67. The Bertz CT molecular complexity index is 1500. The molecule has 0 aliphatic heterocycles. The summed E-state index contributed by atoms with van der Waals surface area (Å²) in [4.78, 5) is 9.79. The highest BCUT2D eigenvalue weighted by Crippen LogP contribution is 2.36. The van der Waals surface area contributed by atoms with Gasteiger partial charge in [0.05, 0.1) is 11.1 Å². The lowest BCUT2D eigenvalue weighted by Crippen LogP contribution is -1.93. The van der Waals surface area contributed by atoms with Gasteiger partial charge in [0.2, 0.25) is 5.71 Å². The fourth-order valence-corrected chi connectivity index (χ4v) is 4.00. The highest BCUT2D eigenvalue weighted by molar-refractivity contribution is 6.10.